The number of thiophene rings is 1. The second-order valence-corrected chi connectivity index (χ2v) is 9.12. The summed E-state index contributed by atoms with van der Waals surface area (Å²) in [6, 6.07) is 12.8. The van der Waals surface area contributed by atoms with E-state index in [-0.39, 0.29) is 49.8 Å². The van der Waals surface area contributed by atoms with Crippen molar-refractivity contribution < 1.29 is 19.5 Å². The molecule has 6 nitrogen and oxygen atoms in total. The fraction of sp³-hybridized carbons (Fsp3) is 0.435. The number of piperidine rings is 1. The Kier molecular flexibility index (Phi) is 6.01. The lowest BCUT2D eigenvalue weighted by Gasteiger charge is -2.37. The molecule has 2 aromatic rings. The van der Waals surface area contributed by atoms with Crippen LogP contribution in [0.5, 0.6) is 0 Å². The van der Waals surface area contributed by atoms with Crippen LogP contribution in [0.15, 0.2) is 47.8 Å². The molecule has 0 unspecified atom stereocenters. The lowest BCUT2D eigenvalue weighted by Crippen LogP contribution is -2.49. The predicted octanol–water partition coefficient (Wildman–Crippen LogP) is 2.71. The molecular formula is C23H26N2O4S. The van der Waals surface area contributed by atoms with Crippen molar-refractivity contribution in [2.24, 2.45) is 0 Å². The number of aliphatic hydroxyl groups is 1. The van der Waals surface area contributed by atoms with Gasteiger partial charge in [-0.15, -0.1) is 11.3 Å². The lowest BCUT2D eigenvalue weighted by molar-refractivity contribution is -0.144. The highest BCUT2D eigenvalue weighted by Crippen LogP contribution is 2.41. The highest BCUT2D eigenvalue weighted by molar-refractivity contribution is 7.09. The van der Waals surface area contributed by atoms with Crippen molar-refractivity contribution in [2.45, 2.75) is 50.1 Å². The average molecular weight is 427 g/mol. The zero-order valence-electron chi connectivity index (χ0n) is 16.8. The Morgan fingerprint density at radius 1 is 1.13 bits per heavy atom. The highest BCUT2D eigenvalue weighted by Gasteiger charge is 2.54. The maximum Gasteiger partial charge on any atom is 0.241 e. The molecule has 2 aliphatic heterocycles. The zero-order valence-corrected chi connectivity index (χ0v) is 17.6. The number of likely N-dealkylation sites (tertiary alicyclic amines) is 2. The van der Waals surface area contributed by atoms with E-state index in [0.717, 1.165) is 24.1 Å². The molecule has 1 aromatic heterocycles. The first-order chi connectivity index (χ1) is 14.5. The summed E-state index contributed by atoms with van der Waals surface area (Å²) < 4.78 is 0. The smallest absolute Gasteiger partial charge is 0.241 e. The number of rotatable bonds is 6. The van der Waals surface area contributed by atoms with E-state index >= 15 is 0 Å². The summed E-state index contributed by atoms with van der Waals surface area (Å²) in [5.74, 6) is -0.725. The van der Waals surface area contributed by atoms with Gasteiger partial charge in [0.1, 0.15) is 0 Å². The largest absolute Gasteiger partial charge is 0.394 e. The Balaban J connectivity index is 1.65. The monoisotopic (exact) mass is 426 g/mol. The van der Waals surface area contributed by atoms with E-state index in [1.54, 1.807) is 4.90 Å². The number of hydrogen-bond donors (Lipinski definition) is 1. The second kappa shape index (κ2) is 8.70. The van der Waals surface area contributed by atoms with Gasteiger partial charge in [-0.25, -0.2) is 0 Å². The molecule has 2 aliphatic rings. The molecule has 7 heteroatoms. The summed E-state index contributed by atoms with van der Waals surface area (Å²) in [5.41, 5.74) is -0.493. The summed E-state index contributed by atoms with van der Waals surface area (Å²) in [7, 11) is 0. The number of nitrogens with zero attached hydrogens (tertiary/aromatic N) is 2. The molecule has 0 radical (unpaired) electrons. The first-order valence-corrected chi connectivity index (χ1v) is 11.3. The fourth-order valence-corrected chi connectivity index (χ4v) is 5.31. The van der Waals surface area contributed by atoms with Gasteiger partial charge in [-0.3, -0.25) is 19.3 Å². The molecule has 30 heavy (non-hydrogen) atoms. The van der Waals surface area contributed by atoms with Gasteiger partial charge in [0, 0.05) is 24.3 Å². The number of benzene rings is 1. The first kappa shape index (κ1) is 20.8. The van der Waals surface area contributed by atoms with Crippen molar-refractivity contribution in [1.29, 1.82) is 0 Å². The third-order valence-electron chi connectivity index (χ3n) is 6.24. The molecule has 1 N–H and O–H groups in total. The van der Waals surface area contributed by atoms with E-state index in [1.807, 2.05) is 47.8 Å². The summed E-state index contributed by atoms with van der Waals surface area (Å²) in [6.45, 7) is 0.735. The van der Waals surface area contributed by atoms with E-state index in [2.05, 4.69) is 0 Å². The summed E-state index contributed by atoms with van der Waals surface area (Å²) in [6.07, 6.45) is 2.56. The van der Waals surface area contributed by atoms with Crippen LogP contribution in [0.1, 0.15) is 42.5 Å². The maximum absolute atomic E-state index is 13.6. The molecule has 0 aliphatic carbocycles. The molecule has 2 fully saturated rings. The zero-order chi connectivity index (χ0) is 21.1. The summed E-state index contributed by atoms with van der Waals surface area (Å²) in [4.78, 5) is 43.8. The Morgan fingerprint density at radius 3 is 2.63 bits per heavy atom. The number of carbonyl (C=O) groups is 3. The van der Waals surface area contributed by atoms with Gasteiger partial charge in [0.05, 0.1) is 24.6 Å². The number of imide groups is 1. The molecular weight excluding hydrogens is 400 g/mol. The van der Waals surface area contributed by atoms with Crippen LogP contribution >= 0.6 is 11.3 Å². The Labute approximate surface area is 180 Å². The van der Waals surface area contributed by atoms with Gasteiger partial charge < -0.3 is 10.0 Å². The SMILES string of the molecule is O=C1C[C@](CC(=O)N2CCCC[C@@H]2CO)(c2ccccc2)C(=O)N1Cc1cccs1. The molecule has 4 rings (SSSR count). The van der Waals surface area contributed by atoms with Crippen LogP contribution in [-0.4, -0.2) is 51.8 Å². The van der Waals surface area contributed by atoms with Crippen LogP contribution < -0.4 is 0 Å². The number of aliphatic hydroxyl groups excluding tert-OH is 1. The van der Waals surface area contributed by atoms with Gasteiger partial charge in [-0.2, -0.15) is 0 Å². The second-order valence-electron chi connectivity index (χ2n) is 8.09. The minimum absolute atomic E-state index is 0.00933. The van der Waals surface area contributed by atoms with Crippen molar-refractivity contribution in [1.82, 2.24) is 9.80 Å². The molecule has 3 amide bonds. The Morgan fingerprint density at radius 2 is 1.93 bits per heavy atom. The van der Waals surface area contributed by atoms with E-state index in [1.165, 1.54) is 16.2 Å². The van der Waals surface area contributed by atoms with Crippen LogP contribution in [0.3, 0.4) is 0 Å². The Bertz CT molecular complexity index is 915. The predicted molar refractivity (Wildman–Crippen MR) is 114 cm³/mol. The molecule has 2 saturated heterocycles. The lowest BCUT2D eigenvalue weighted by atomic mass is 9.75. The van der Waals surface area contributed by atoms with Crippen LogP contribution in [0.25, 0.3) is 0 Å². The maximum atomic E-state index is 13.6. The summed E-state index contributed by atoms with van der Waals surface area (Å²) in [5, 5.41) is 11.6. The van der Waals surface area contributed by atoms with E-state index in [9.17, 15) is 19.5 Å². The molecule has 2 atom stereocenters. The van der Waals surface area contributed by atoms with Crippen LogP contribution in [0.2, 0.25) is 0 Å². The molecule has 1 aromatic carbocycles. The molecule has 0 bridgehead atoms. The van der Waals surface area contributed by atoms with E-state index in [4.69, 9.17) is 0 Å². The minimum atomic E-state index is -1.19. The molecule has 3 heterocycles. The Hall–Kier alpha value is -2.51. The van der Waals surface area contributed by atoms with E-state index in [0.29, 0.717) is 12.1 Å². The van der Waals surface area contributed by atoms with Gasteiger partial charge in [-0.1, -0.05) is 36.4 Å². The summed E-state index contributed by atoms with van der Waals surface area (Å²) >= 11 is 1.50. The van der Waals surface area contributed by atoms with Gasteiger partial charge in [0.2, 0.25) is 17.7 Å². The van der Waals surface area contributed by atoms with Crippen molar-refractivity contribution in [2.75, 3.05) is 13.2 Å². The average Bonchev–Trinajstić information content (AvgIpc) is 3.37. The standard InChI is InChI=1S/C23H26N2O4S/c26-16-18-9-4-5-11-24(18)20(27)13-23(17-7-2-1-3-8-17)14-21(28)25(22(23)29)15-19-10-6-12-30-19/h1-3,6-8,10,12,18,26H,4-5,9,11,13-16H2/t18-,23-/m1/s1. The van der Waals surface area contributed by atoms with Crippen molar-refractivity contribution >= 4 is 29.1 Å². The first-order valence-electron chi connectivity index (χ1n) is 10.4. The van der Waals surface area contributed by atoms with E-state index < -0.39 is 5.41 Å². The topological polar surface area (TPSA) is 77.9 Å². The minimum Gasteiger partial charge on any atom is -0.394 e. The number of carbonyl (C=O) groups excluding carboxylic acids is 3. The van der Waals surface area contributed by atoms with Crippen LogP contribution in [0, 0.1) is 0 Å². The van der Waals surface area contributed by atoms with Crippen LogP contribution in [-0.2, 0) is 26.3 Å². The normalized spacial score (nSPS) is 24.5. The molecule has 158 valence electrons. The van der Waals surface area contributed by atoms with Gasteiger partial charge in [0.15, 0.2) is 0 Å². The molecule has 0 spiro atoms. The fourth-order valence-electron chi connectivity index (χ4n) is 4.62. The number of amides is 3. The van der Waals surface area contributed by atoms with Gasteiger partial charge in [0.25, 0.3) is 0 Å². The quantitative estimate of drug-likeness (QED) is 0.721. The van der Waals surface area contributed by atoms with Gasteiger partial charge in [-0.05, 0) is 36.3 Å². The van der Waals surface area contributed by atoms with Gasteiger partial charge >= 0.3 is 0 Å². The van der Waals surface area contributed by atoms with Crippen molar-refractivity contribution in [3.8, 4) is 0 Å². The highest BCUT2D eigenvalue weighted by atomic mass is 32.1. The van der Waals surface area contributed by atoms with Crippen LogP contribution in [0.4, 0.5) is 0 Å². The third kappa shape index (κ3) is 3.79. The number of hydrogen-bond acceptors (Lipinski definition) is 5. The van der Waals surface area contributed by atoms with Crippen molar-refractivity contribution in [3.05, 3.63) is 58.3 Å². The third-order valence-corrected chi connectivity index (χ3v) is 7.10. The molecule has 0 saturated carbocycles. The van der Waals surface area contributed by atoms with Crippen molar-refractivity contribution in [3.63, 3.8) is 0 Å².